The molecule has 14 heavy (non-hydrogen) atoms. The highest BCUT2D eigenvalue weighted by molar-refractivity contribution is 4.94. The monoisotopic (exact) mass is 197 g/mol. The molecule has 0 aromatic rings. The van der Waals surface area contributed by atoms with Gasteiger partial charge in [-0.2, -0.15) is 0 Å². The molecule has 1 aliphatic carbocycles. The van der Waals surface area contributed by atoms with Crippen LogP contribution in [-0.4, -0.2) is 18.4 Å². The van der Waals surface area contributed by atoms with Gasteiger partial charge in [-0.05, 0) is 37.5 Å². The molecule has 1 heterocycles. The average Bonchev–Trinajstić information content (AvgIpc) is 2.52. The molecule has 0 amide bonds. The summed E-state index contributed by atoms with van der Waals surface area (Å²) in [5, 5.41) is 3.75. The van der Waals surface area contributed by atoms with E-state index >= 15 is 0 Å². The summed E-state index contributed by atoms with van der Waals surface area (Å²) in [4.78, 5) is 0. The van der Waals surface area contributed by atoms with Gasteiger partial charge in [0.1, 0.15) is 5.72 Å². The van der Waals surface area contributed by atoms with Crippen LogP contribution in [0.25, 0.3) is 0 Å². The van der Waals surface area contributed by atoms with Crippen LogP contribution in [0.2, 0.25) is 0 Å². The second-order valence-corrected chi connectivity index (χ2v) is 5.90. The zero-order valence-electron chi connectivity index (χ0n) is 9.73. The average molecular weight is 197 g/mol. The van der Waals surface area contributed by atoms with Crippen LogP contribution in [0.5, 0.6) is 0 Å². The molecule has 0 aromatic heterocycles. The van der Waals surface area contributed by atoms with Gasteiger partial charge in [0.05, 0.1) is 6.61 Å². The van der Waals surface area contributed by atoms with Crippen LogP contribution in [0.4, 0.5) is 0 Å². The molecular formula is C12H23NO. The van der Waals surface area contributed by atoms with E-state index in [0.717, 1.165) is 13.0 Å². The third-order valence-corrected chi connectivity index (χ3v) is 3.68. The Morgan fingerprint density at radius 1 is 1.21 bits per heavy atom. The number of nitrogens with one attached hydrogen (secondary N) is 1. The summed E-state index contributed by atoms with van der Waals surface area (Å²) in [5.41, 5.74) is 0.412. The number of hydrogen-bond donors (Lipinski definition) is 1. The molecule has 1 unspecified atom stereocenters. The first-order valence-electron chi connectivity index (χ1n) is 5.94. The van der Waals surface area contributed by atoms with Gasteiger partial charge in [0.15, 0.2) is 0 Å². The maximum absolute atomic E-state index is 5.94. The van der Waals surface area contributed by atoms with Crippen molar-refractivity contribution in [3.05, 3.63) is 0 Å². The summed E-state index contributed by atoms with van der Waals surface area (Å²) in [6.45, 7) is 7.89. The zero-order valence-corrected chi connectivity index (χ0v) is 9.73. The van der Waals surface area contributed by atoms with Gasteiger partial charge in [-0.15, -0.1) is 0 Å². The Kier molecular flexibility index (Phi) is 2.61. The van der Waals surface area contributed by atoms with E-state index in [2.05, 4.69) is 26.1 Å². The fraction of sp³-hybridized carbons (Fsp3) is 1.00. The molecular weight excluding hydrogens is 174 g/mol. The topological polar surface area (TPSA) is 21.3 Å². The molecule has 1 N–H and O–H groups in total. The van der Waals surface area contributed by atoms with E-state index in [1.807, 2.05) is 0 Å². The smallest absolute Gasteiger partial charge is 0.119 e. The molecule has 2 aliphatic rings. The highest BCUT2D eigenvalue weighted by Crippen LogP contribution is 2.37. The summed E-state index contributed by atoms with van der Waals surface area (Å²) in [7, 11) is 0. The van der Waals surface area contributed by atoms with E-state index in [0.29, 0.717) is 11.5 Å². The first-order chi connectivity index (χ1) is 6.52. The summed E-state index contributed by atoms with van der Waals surface area (Å²) < 4.78 is 5.94. The Hall–Kier alpha value is -0.0800. The fourth-order valence-corrected chi connectivity index (χ4v) is 2.69. The molecule has 2 nitrogen and oxygen atoms in total. The van der Waals surface area contributed by atoms with Crippen LogP contribution in [0.3, 0.4) is 0 Å². The summed E-state index contributed by atoms with van der Waals surface area (Å²) in [6.07, 6.45) is 6.22. The van der Waals surface area contributed by atoms with Gasteiger partial charge in [-0.3, -0.25) is 5.32 Å². The Bertz CT molecular complexity index is 201. The van der Waals surface area contributed by atoms with Gasteiger partial charge in [0.25, 0.3) is 0 Å². The van der Waals surface area contributed by atoms with Crippen molar-refractivity contribution < 1.29 is 4.74 Å². The van der Waals surface area contributed by atoms with E-state index in [4.69, 9.17) is 4.74 Å². The number of rotatable bonds is 0. The molecule has 2 rings (SSSR count). The molecule has 1 atom stereocenters. The minimum absolute atomic E-state index is 0.0518. The highest BCUT2D eigenvalue weighted by atomic mass is 16.5. The Morgan fingerprint density at radius 2 is 1.86 bits per heavy atom. The molecule has 0 bridgehead atoms. The third-order valence-electron chi connectivity index (χ3n) is 3.68. The largest absolute Gasteiger partial charge is 0.361 e. The second kappa shape index (κ2) is 3.49. The van der Waals surface area contributed by atoms with Gasteiger partial charge in [0.2, 0.25) is 0 Å². The van der Waals surface area contributed by atoms with Crippen molar-refractivity contribution in [3.63, 3.8) is 0 Å². The fourth-order valence-electron chi connectivity index (χ4n) is 2.69. The van der Waals surface area contributed by atoms with Crippen molar-refractivity contribution in [3.8, 4) is 0 Å². The zero-order chi connectivity index (χ0) is 10.2. The summed E-state index contributed by atoms with van der Waals surface area (Å²) in [5.74, 6) is 0. The molecule has 1 saturated heterocycles. The number of hydrogen-bond acceptors (Lipinski definition) is 2. The van der Waals surface area contributed by atoms with Crippen molar-refractivity contribution in [2.24, 2.45) is 5.41 Å². The van der Waals surface area contributed by atoms with Crippen molar-refractivity contribution in [1.82, 2.24) is 5.32 Å². The Labute approximate surface area is 87.4 Å². The minimum atomic E-state index is 0.0518. The first-order valence-corrected chi connectivity index (χ1v) is 5.94. The van der Waals surface area contributed by atoms with Gasteiger partial charge < -0.3 is 4.74 Å². The predicted octanol–water partition coefficient (Wildman–Crippen LogP) is 2.68. The minimum Gasteiger partial charge on any atom is -0.361 e. The first kappa shape index (κ1) is 10.4. The lowest BCUT2D eigenvalue weighted by Crippen LogP contribution is -2.58. The second-order valence-electron chi connectivity index (χ2n) is 5.90. The van der Waals surface area contributed by atoms with E-state index in [9.17, 15) is 0 Å². The molecule has 82 valence electrons. The lowest BCUT2D eigenvalue weighted by atomic mass is 9.83. The van der Waals surface area contributed by atoms with Crippen LogP contribution in [0.15, 0.2) is 0 Å². The maximum atomic E-state index is 5.94. The third kappa shape index (κ3) is 1.96. The van der Waals surface area contributed by atoms with E-state index in [1.54, 1.807) is 0 Å². The maximum Gasteiger partial charge on any atom is 0.119 e. The van der Waals surface area contributed by atoms with Crippen LogP contribution < -0.4 is 5.32 Å². The lowest BCUT2D eigenvalue weighted by Gasteiger charge is -2.45. The van der Waals surface area contributed by atoms with Crippen molar-refractivity contribution in [1.29, 1.82) is 0 Å². The predicted molar refractivity (Wildman–Crippen MR) is 58.1 cm³/mol. The van der Waals surface area contributed by atoms with Crippen molar-refractivity contribution in [2.45, 2.75) is 64.6 Å². The van der Waals surface area contributed by atoms with Gasteiger partial charge in [-0.25, -0.2) is 0 Å². The van der Waals surface area contributed by atoms with Crippen LogP contribution in [0, 0.1) is 5.41 Å². The normalized spacial score (nSPS) is 32.4. The SMILES string of the molecule is CC(C)(C)C1CCOC2(CCCC2)N1. The van der Waals surface area contributed by atoms with Crippen molar-refractivity contribution in [2.75, 3.05) is 6.61 Å². The molecule has 1 spiro atoms. The van der Waals surface area contributed by atoms with Crippen LogP contribution >= 0.6 is 0 Å². The van der Waals surface area contributed by atoms with E-state index in [-0.39, 0.29) is 5.72 Å². The Morgan fingerprint density at radius 3 is 2.43 bits per heavy atom. The number of ether oxygens (including phenoxy) is 1. The van der Waals surface area contributed by atoms with Crippen LogP contribution in [-0.2, 0) is 4.74 Å². The molecule has 0 radical (unpaired) electrons. The summed E-state index contributed by atoms with van der Waals surface area (Å²) >= 11 is 0. The molecule has 1 saturated carbocycles. The Balaban J connectivity index is 2.03. The van der Waals surface area contributed by atoms with Gasteiger partial charge in [0, 0.05) is 6.04 Å². The molecule has 2 heteroatoms. The van der Waals surface area contributed by atoms with Gasteiger partial charge in [-0.1, -0.05) is 20.8 Å². The quantitative estimate of drug-likeness (QED) is 0.644. The molecule has 2 fully saturated rings. The molecule has 0 aromatic carbocycles. The summed E-state index contributed by atoms with van der Waals surface area (Å²) in [6, 6.07) is 0.620. The molecule has 1 aliphatic heterocycles. The standard InChI is InChI=1S/C12H23NO/c1-11(2,3)10-6-9-14-12(13-10)7-4-5-8-12/h10,13H,4-9H2,1-3H3. The van der Waals surface area contributed by atoms with Crippen molar-refractivity contribution >= 4 is 0 Å². The van der Waals surface area contributed by atoms with E-state index in [1.165, 1.54) is 25.7 Å². The highest BCUT2D eigenvalue weighted by Gasteiger charge is 2.42. The van der Waals surface area contributed by atoms with Gasteiger partial charge >= 0.3 is 0 Å². The van der Waals surface area contributed by atoms with Crippen LogP contribution in [0.1, 0.15) is 52.9 Å². The lowest BCUT2D eigenvalue weighted by molar-refractivity contribution is -0.118. The van der Waals surface area contributed by atoms with E-state index < -0.39 is 0 Å².